The molecule has 0 spiro atoms. The minimum absolute atomic E-state index is 0.557. The molecular formula is C13H26O3Si. The zero-order valence-electron chi connectivity index (χ0n) is 11.4. The third-order valence-corrected chi connectivity index (χ3v) is 7.48. The summed E-state index contributed by atoms with van der Waals surface area (Å²) in [5.41, 5.74) is 0.557. The second-order valence-corrected chi connectivity index (χ2v) is 8.18. The van der Waals surface area contributed by atoms with Crippen molar-refractivity contribution >= 4 is 8.80 Å². The Balaban J connectivity index is 1.87. The Morgan fingerprint density at radius 1 is 1.06 bits per heavy atom. The van der Waals surface area contributed by atoms with Gasteiger partial charge in [-0.25, -0.2) is 0 Å². The molecule has 100 valence electrons. The van der Waals surface area contributed by atoms with Gasteiger partial charge in [0.1, 0.15) is 0 Å². The van der Waals surface area contributed by atoms with Gasteiger partial charge in [-0.15, -0.1) is 0 Å². The van der Waals surface area contributed by atoms with Gasteiger partial charge in [0, 0.05) is 25.4 Å². The van der Waals surface area contributed by atoms with Crippen LogP contribution in [0.15, 0.2) is 0 Å². The maximum absolute atomic E-state index is 6.15. The summed E-state index contributed by atoms with van der Waals surface area (Å²) in [6.45, 7) is 8.60. The van der Waals surface area contributed by atoms with Gasteiger partial charge in [0.15, 0.2) is 0 Å². The predicted octanol–water partition coefficient (Wildman–Crippen LogP) is 3.23. The second kappa shape index (κ2) is 5.82. The number of hydrogen-bond donors (Lipinski definition) is 0. The summed E-state index contributed by atoms with van der Waals surface area (Å²) in [6.07, 6.45) is 5.19. The lowest BCUT2D eigenvalue weighted by Gasteiger charge is -2.29. The predicted molar refractivity (Wildman–Crippen MR) is 69.8 cm³/mol. The lowest BCUT2D eigenvalue weighted by Crippen LogP contribution is -2.47. The first kappa shape index (κ1) is 13.5. The molecule has 0 N–H and O–H groups in total. The van der Waals surface area contributed by atoms with E-state index in [1.54, 1.807) is 0 Å². The highest BCUT2D eigenvalue weighted by molar-refractivity contribution is 6.63. The van der Waals surface area contributed by atoms with E-state index in [4.69, 9.17) is 13.3 Å². The zero-order valence-corrected chi connectivity index (χ0v) is 12.4. The molecule has 2 aliphatic carbocycles. The van der Waals surface area contributed by atoms with Crippen LogP contribution in [0.4, 0.5) is 0 Å². The Morgan fingerprint density at radius 3 is 2.06 bits per heavy atom. The molecule has 2 aliphatic rings. The van der Waals surface area contributed by atoms with E-state index in [0.29, 0.717) is 18.8 Å². The van der Waals surface area contributed by atoms with E-state index in [2.05, 4.69) is 6.92 Å². The van der Waals surface area contributed by atoms with Crippen LogP contribution in [0.25, 0.3) is 0 Å². The molecule has 0 aromatic rings. The first-order valence-corrected chi connectivity index (χ1v) is 8.94. The average molecular weight is 258 g/mol. The van der Waals surface area contributed by atoms with Crippen molar-refractivity contribution in [2.75, 3.05) is 19.8 Å². The van der Waals surface area contributed by atoms with Gasteiger partial charge in [0.05, 0.1) is 0 Å². The fourth-order valence-electron chi connectivity index (χ4n) is 2.44. The smallest absolute Gasteiger partial charge is 0.374 e. The van der Waals surface area contributed by atoms with E-state index in [-0.39, 0.29) is 0 Å². The second-order valence-electron chi connectivity index (χ2n) is 5.37. The van der Waals surface area contributed by atoms with E-state index in [1.807, 2.05) is 13.8 Å². The molecule has 2 atom stereocenters. The SMILES string of the molecule is CCO[Si](OCC)(OCCC1CC1)C1CC1C. The molecule has 0 bridgehead atoms. The van der Waals surface area contributed by atoms with Crippen LogP contribution >= 0.6 is 0 Å². The van der Waals surface area contributed by atoms with Gasteiger partial charge in [0.25, 0.3) is 0 Å². The molecule has 2 fully saturated rings. The van der Waals surface area contributed by atoms with Crippen LogP contribution in [0.1, 0.15) is 46.5 Å². The van der Waals surface area contributed by atoms with Gasteiger partial charge in [0.2, 0.25) is 0 Å². The molecule has 0 aliphatic heterocycles. The van der Waals surface area contributed by atoms with Crippen molar-refractivity contribution in [3.63, 3.8) is 0 Å². The van der Waals surface area contributed by atoms with E-state index >= 15 is 0 Å². The maximum Gasteiger partial charge on any atom is 0.504 e. The molecule has 2 saturated carbocycles. The Labute approximate surface area is 106 Å². The van der Waals surface area contributed by atoms with Gasteiger partial charge in [-0.05, 0) is 38.5 Å². The Kier molecular flexibility index (Phi) is 4.63. The highest BCUT2D eigenvalue weighted by atomic mass is 28.4. The number of rotatable bonds is 9. The zero-order chi connectivity index (χ0) is 12.3. The molecule has 0 aromatic carbocycles. The summed E-state index contributed by atoms with van der Waals surface area (Å²) >= 11 is 0. The van der Waals surface area contributed by atoms with Crippen LogP contribution < -0.4 is 0 Å². The molecule has 3 nitrogen and oxygen atoms in total. The van der Waals surface area contributed by atoms with Gasteiger partial charge in [-0.3, -0.25) is 0 Å². The van der Waals surface area contributed by atoms with Gasteiger partial charge < -0.3 is 13.3 Å². The maximum atomic E-state index is 6.15. The van der Waals surface area contributed by atoms with E-state index in [1.165, 1.54) is 25.7 Å². The Morgan fingerprint density at radius 2 is 1.65 bits per heavy atom. The monoisotopic (exact) mass is 258 g/mol. The van der Waals surface area contributed by atoms with Gasteiger partial charge >= 0.3 is 8.80 Å². The standard InChI is InChI=1S/C13H26O3Si/c1-4-14-17(15-5-2,13-10-11(13)3)16-9-8-12-6-7-12/h11-13H,4-10H2,1-3H3. The highest BCUT2D eigenvalue weighted by Gasteiger charge is 2.59. The molecule has 17 heavy (non-hydrogen) atoms. The first-order chi connectivity index (χ1) is 8.22. The molecule has 0 saturated heterocycles. The molecule has 0 heterocycles. The first-order valence-electron chi connectivity index (χ1n) is 7.13. The normalized spacial score (nSPS) is 28.4. The summed E-state index contributed by atoms with van der Waals surface area (Å²) in [5.74, 6) is 1.64. The van der Waals surface area contributed by atoms with E-state index < -0.39 is 8.80 Å². The van der Waals surface area contributed by atoms with Crippen LogP contribution in [-0.2, 0) is 13.3 Å². The minimum Gasteiger partial charge on any atom is -0.374 e. The van der Waals surface area contributed by atoms with Crippen LogP contribution in [-0.4, -0.2) is 28.6 Å². The van der Waals surface area contributed by atoms with E-state index in [9.17, 15) is 0 Å². The summed E-state index contributed by atoms with van der Waals surface area (Å²) < 4.78 is 18.1. The van der Waals surface area contributed by atoms with Gasteiger partial charge in [-0.1, -0.05) is 19.8 Å². The minimum atomic E-state index is -2.36. The molecule has 2 rings (SSSR count). The Hall–Kier alpha value is 0.0969. The fraction of sp³-hybridized carbons (Fsp3) is 1.00. The van der Waals surface area contributed by atoms with Crippen molar-refractivity contribution < 1.29 is 13.3 Å². The highest BCUT2D eigenvalue weighted by Crippen LogP contribution is 2.52. The largest absolute Gasteiger partial charge is 0.504 e. The summed E-state index contributed by atoms with van der Waals surface area (Å²) in [7, 11) is -2.36. The average Bonchev–Trinajstić information content (AvgIpc) is 3.16. The quantitative estimate of drug-likeness (QED) is 0.594. The molecule has 4 heteroatoms. The van der Waals surface area contributed by atoms with Crippen molar-refractivity contribution in [3.8, 4) is 0 Å². The van der Waals surface area contributed by atoms with Crippen LogP contribution in [0.3, 0.4) is 0 Å². The lowest BCUT2D eigenvalue weighted by atomic mass is 10.3. The fourth-order valence-corrected chi connectivity index (χ4v) is 5.89. The van der Waals surface area contributed by atoms with Crippen molar-refractivity contribution in [2.24, 2.45) is 11.8 Å². The van der Waals surface area contributed by atoms with Crippen molar-refractivity contribution in [1.82, 2.24) is 0 Å². The molecular weight excluding hydrogens is 232 g/mol. The number of hydrogen-bond acceptors (Lipinski definition) is 3. The summed E-state index contributed by atoms with van der Waals surface area (Å²) in [5, 5.41) is 0. The van der Waals surface area contributed by atoms with Crippen LogP contribution in [0, 0.1) is 11.8 Å². The van der Waals surface area contributed by atoms with E-state index in [0.717, 1.165) is 18.4 Å². The third-order valence-electron chi connectivity index (χ3n) is 3.78. The van der Waals surface area contributed by atoms with Crippen LogP contribution in [0.5, 0.6) is 0 Å². The lowest BCUT2D eigenvalue weighted by molar-refractivity contribution is 0.0623. The topological polar surface area (TPSA) is 27.7 Å². The van der Waals surface area contributed by atoms with Crippen molar-refractivity contribution in [3.05, 3.63) is 0 Å². The van der Waals surface area contributed by atoms with Crippen LogP contribution in [0.2, 0.25) is 5.54 Å². The molecule has 0 amide bonds. The van der Waals surface area contributed by atoms with Crippen molar-refractivity contribution in [1.29, 1.82) is 0 Å². The molecule has 0 aromatic heterocycles. The summed E-state index contributed by atoms with van der Waals surface area (Å²) in [6, 6.07) is 0. The summed E-state index contributed by atoms with van der Waals surface area (Å²) in [4.78, 5) is 0. The van der Waals surface area contributed by atoms with Gasteiger partial charge in [-0.2, -0.15) is 0 Å². The third kappa shape index (κ3) is 3.53. The Bertz CT molecular complexity index is 237. The van der Waals surface area contributed by atoms with Crippen molar-refractivity contribution in [2.45, 2.75) is 52.0 Å². The molecule has 0 radical (unpaired) electrons. The molecule has 2 unspecified atom stereocenters.